The lowest BCUT2D eigenvalue weighted by molar-refractivity contribution is -0.126. The molecule has 2 fully saturated rings. The molecule has 38 heavy (non-hydrogen) atoms. The molecule has 0 N–H and O–H groups in total. The van der Waals surface area contributed by atoms with Crippen molar-refractivity contribution >= 4 is 29.2 Å². The van der Waals surface area contributed by atoms with Gasteiger partial charge in [0.25, 0.3) is 5.91 Å². The van der Waals surface area contributed by atoms with Crippen LogP contribution in [0.3, 0.4) is 0 Å². The lowest BCUT2D eigenvalue weighted by atomic mass is 9.90. The number of fused-ring (bicyclic) bond motifs is 1. The fraction of sp³-hybridized carbons (Fsp3) is 0.100. The van der Waals surface area contributed by atoms with Gasteiger partial charge in [-0.1, -0.05) is 60.7 Å². The minimum Gasteiger partial charge on any atom is -0.423 e. The maximum Gasteiger partial charge on any atom is 0.343 e. The molecule has 0 saturated carbocycles. The number of amides is 2. The van der Waals surface area contributed by atoms with Crippen LogP contribution in [0.15, 0.2) is 109 Å². The monoisotopic (exact) mass is 508 g/mol. The Labute approximate surface area is 217 Å². The van der Waals surface area contributed by atoms with Crippen molar-refractivity contribution in [2.45, 2.75) is 12.1 Å². The number of esters is 1. The summed E-state index contributed by atoms with van der Waals surface area (Å²) in [6.45, 7) is 0. The molecule has 2 aliphatic rings. The fourth-order valence-corrected chi connectivity index (χ4v) is 4.90. The van der Waals surface area contributed by atoms with E-state index in [9.17, 15) is 18.8 Å². The molecule has 2 amide bonds. The SMILES string of the molecule is O=C(Oc1ccc([C@H]2[C@H]3C(=O)N(c4ccccc4F)C(=O)[C@H]3ON2c2ccccc2)cc1)c1ccccc1. The molecule has 0 aliphatic carbocycles. The molecule has 2 saturated heterocycles. The summed E-state index contributed by atoms with van der Waals surface area (Å²) in [4.78, 5) is 46.4. The first-order chi connectivity index (χ1) is 18.5. The smallest absolute Gasteiger partial charge is 0.343 e. The fourth-order valence-electron chi connectivity index (χ4n) is 4.90. The Kier molecular flexibility index (Phi) is 5.94. The van der Waals surface area contributed by atoms with Crippen LogP contribution in [-0.2, 0) is 14.4 Å². The number of hydroxylamine groups is 1. The van der Waals surface area contributed by atoms with Crippen LogP contribution in [-0.4, -0.2) is 23.9 Å². The predicted molar refractivity (Wildman–Crippen MR) is 137 cm³/mol. The van der Waals surface area contributed by atoms with Gasteiger partial charge in [-0.15, -0.1) is 0 Å². The maximum atomic E-state index is 14.6. The van der Waals surface area contributed by atoms with Gasteiger partial charge >= 0.3 is 5.97 Å². The number of para-hydroxylation sites is 2. The normalized spacial score (nSPS) is 20.5. The Morgan fingerprint density at radius 2 is 1.39 bits per heavy atom. The number of benzene rings is 4. The van der Waals surface area contributed by atoms with E-state index in [0.717, 1.165) is 4.90 Å². The zero-order chi connectivity index (χ0) is 26.2. The van der Waals surface area contributed by atoms with E-state index < -0.39 is 41.7 Å². The first kappa shape index (κ1) is 23.6. The summed E-state index contributed by atoms with van der Waals surface area (Å²) in [6.07, 6.45) is -1.12. The van der Waals surface area contributed by atoms with Gasteiger partial charge in [0.15, 0.2) is 6.10 Å². The Bertz CT molecular complexity index is 1510. The number of rotatable bonds is 5. The van der Waals surface area contributed by atoms with Crippen molar-refractivity contribution in [3.8, 4) is 5.75 Å². The summed E-state index contributed by atoms with van der Waals surface area (Å²) in [5.74, 6) is -2.93. The second kappa shape index (κ2) is 9.57. The minimum absolute atomic E-state index is 0.103. The van der Waals surface area contributed by atoms with Crippen molar-refractivity contribution in [1.29, 1.82) is 0 Å². The number of carbonyl (C=O) groups is 3. The van der Waals surface area contributed by atoms with E-state index >= 15 is 0 Å². The molecule has 2 aliphatic heterocycles. The molecule has 4 aromatic rings. The number of halogens is 1. The van der Waals surface area contributed by atoms with Crippen molar-refractivity contribution in [2.24, 2.45) is 5.92 Å². The number of hydrogen-bond acceptors (Lipinski definition) is 6. The van der Waals surface area contributed by atoms with Crippen LogP contribution >= 0.6 is 0 Å². The van der Waals surface area contributed by atoms with Crippen molar-refractivity contribution in [1.82, 2.24) is 0 Å². The van der Waals surface area contributed by atoms with E-state index in [-0.39, 0.29) is 5.69 Å². The van der Waals surface area contributed by atoms with E-state index in [2.05, 4.69) is 0 Å². The highest BCUT2D eigenvalue weighted by Crippen LogP contribution is 2.48. The van der Waals surface area contributed by atoms with Gasteiger partial charge in [-0.05, 0) is 54.1 Å². The number of carbonyl (C=O) groups excluding carboxylic acids is 3. The topological polar surface area (TPSA) is 76.2 Å². The van der Waals surface area contributed by atoms with Crippen molar-refractivity contribution in [3.05, 3.63) is 126 Å². The van der Waals surface area contributed by atoms with E-state index in [1.807, 2.05) is 36.4 Å². The number of anilines is 2. The van der Waals surface area contributed by atoms with E-state index in [1.54, 1.807) is 59.7 Å². The molecular formula is C30H21FN2O5. The molecule has 6 rings (SSSR count). The first-order valence-corrected chi connectivity index (χ1v) is 12.0. The lowest BCUT2D eigenvalue weighted by Gasteiger charge is -2.28. The Morgan fingerprint density at radius 3 is 2.08 bits per heavy atom. The molecule has 8 heteroatoms. The van der Waals surface area contributed by atoms with Gasteiger partial charge in [0, 0.05) is 0 Å². The van der Waals surface area contributed by atoms with Crippen molar-refractivity contribution < 1.29 is 28.3 Å². The molecule has 0 aromatic heterocycles. The summed E-state index contributed by atoms with van der Waals surface area (Å²) < 4.78 is 20.0. The van der Waals surface area contributed by atoms with Crippen LogP contribution < -0.4 is 14.7 Å². The third kappa shape index (κ3) is 4.01. The number of imide groups is 1. The molecule has 7 nitrogen and oxygen atoms in total. The Morgan fingerprint density at radius 1 is 0.763 bits per heavy atom. The third-order valence-corrected chi connectivity index (χ3v) is 6.66. The quantitative estimate of drug-likeness (QED) is 0.212. The van der Waals surface area contributed by atoms with Crippen LogP contribution in [0.5, 0.6) is 5.75 Å². The van der Waals surface area contributed by atoms with Crippen LogP contribution in [0.2, 0.25) is 0 Å². The lowest BCUT2D eigenvalue weighted by Crippen LogP contribution is -2.37. The highest BCUT2D eigenvalue weighted by atomic mass is 19.1. The maximum absolute atomic E-state index is 14.6. The van der Waals surface area contributed by atoms with E-state index in [1.165, 1.54) is 18.2 Å². The van der Waals surface area contributed by atoms with E-state index in [4.69, 9.17) is 9.57 Å². The van der Waals surface area contributed by atoms with Crippen molar-refractivity contribution in [3.63, 3.8) is 0 Å². The zero-order valence-electron chi connectivity index (χ0n) is 19.9. The Hall–Kier alpha value is -4.82. The van der Waals surface area contributed by atoms with Gasteiger partial charge in [0.05, 0.1) is 23.0 Å². The number of nitrogens with zero attached hydrogens (tertiary/aromatic N) is 2. The minimum atomic E-state index is -1.12. The van der Waals surface area contributed by atoms with Crippen LogP contribution in [0.25, 0.3) is 0 Å². The number of hydrogen-bond donors (Lipinski definition) is 0. The zero-order valence-corrected chi connectivity index (χ0v) is 19.9. The average molecular weight is 509 g/mol. The van der Waals surface area contributed by atoms with Gasteiger partial charge in [0.2, 0.25) is 5.91 Å². The molecule has 2 heterocycles. The molecule has 4 aromatic carbocycles. The van der Waals surface area contributed by atoms with Gasteiger partial charge < -0.3 is 4.74 Å². The summed E-state index contributed by atoms with van der Waals surface area (Å²) in [5.41, 5.74) is 1.64. The molecular weight excluding hydrogens is 487 g/mol. The third-order valence-electron chi connectivity index (χ3n) is 6.66. The van der Waals surface area contributed by atoms with Crippen LogP contribution in [0.4, 0.5) is 15.8 Å². The summed E-state index contributed by atoms with van der Waals surface area (Å²) in [7, 11) is 0. The van der Waals surface area contributed by atoms with Crippen molar-refractivity contribution in [2.75, 3.05) is 9.96 Å². The van der Waals surface area contributed by atoms with Gasteiger partial charge in [-0.25, -0.2) is 19.1 Å². The van der Waals surface area contributed by atoms with Gasteiger partial charge in [-0.3, -0.25) is 14.4 Å². The highest BCUT2D eigenvalue weighted by molar-refractivity contribution is 6.24. The standard InChI is InChI=1S/C30H21FN2O5/c31-23-13-7-8-14-24(23)32-28(34)25-26(33(38-27(25)29(32)35)21-11-5-2-6-12-21)19-15-17-22(18-16-19)37-30(36)20-9-3-1-4-10-20/h1-18,25-27H/t25-,26+,27+/m1/s1. The molecule has 3 atom stereocenters. The molecule has 0 spiro atoms. The van der Waals surface area contributed by atoms with Crippen LogP contribution in [0.1, 0.15) is 22.0 Å². The summed E-state index contributed by atoms with van der Waals surface area (Å²) >= 11 is 0. The van der Waals surface area contributed by atoms with Gasteiger partial charge in [0.1, 0.15) is 17.5 Å². The second-order valence-electron chi connectivity index (χ2n) is 8.95. The Balaban J connectivity index is 1.34. The first-order valence-electron chi connectivity index (χ1n) is 12.0. The van der Waals surface area contributed by atoms with Gasteiger partial charge in [-0.2, -0.15) is 0 Å². The summed E-state index contributed by atoms with van der Waals surface area (Å²) in [6, 6.07) is 29.4. The predicted octanol–water partition coefficient (Wildman–Crippen LogP) is 5.10. The summed E-state index contributed by atoms with van der Waals surface area (Å²) in [5, 5.41) is 1.55. The average Bonchev–Trinajstić information content (AvgIpc) is 3.46. The van der Waals surface area contributed by atoms with Crippen LogP contribution in [0, 0.1) is 11.7 Å². The highest BCUT2D eigenvalue weighted by Gasteiger charge is 2.60. The molecule has 0 unspecified atom stereocenters. The van der Waals surface area contributed by atoms with E-state index in [0.29, 0.717) is 22.6 Å². The second-order valence-corrected chi connectivity index (χ2v) is 8.95. The number of ether oxygens (including phenoxy) is 1. The molecule has 0 radical (unpaired) electrons. The molecule has 0 bridgehead atoms. The largest absolute Gasteiger partial charge is 0.423 e. The molecule has 188 valence electrons.